The van der Waals surface area contributed by atoms with Crippen molar-refractivity contribution in [1.29, 1.82) is 0 Å². The number of aromatic nitrogens is 3. The van der Waals surface area contributed by atoms with Gasteiger partial charge in [-0.25, -0.2) is 0 Å². The normalized spacial score (nSPS) is 15.3. The number of nitrogens with one attached hydrogen (secondary N) is 2. The molecule has 0 bridgehead atoms. The number of aliphatic imine (C=N–C) groups is 1. The molecule has 1 aromatic carbocycles. The summed E-state index contributed by atoms with van der Waals surface area (Å²) in [4.78, 5) is 4.73. The number of rotatable bonds is 10. The summed E-state index contributed by atoms with van der Waals surface area (Å²) >= 11 is 0. The highest BCUT2D eigenvalue weighted by Crippen LogP contribution is 2.14. The maximum absolute atomic E-state index is 5.84. The summed E-state index contributed by atoms with van der Waals surface area (Å²) in [6, 6.07) is 10.3. The Morgan fingerprint density at radius 3 is 2.87 bits per heavy atom. The lowest BCUT2D eigenvalue weighted by atomic mass is 10.2. The molecule has 1 aliphatic rings. The average molecular weight is 413 g/mol. The van der Waals surface area contributed by atoms with Crippen molar-refractivity contribution >= 4 is 5.96 Å². The molecule has 0 saturated heterocycles. The molecule has 0 radical (unpaired) electrons. The fraction of sp³-hybridized carbons (Fsp3) is 0.609. The Hall–Kier alpha value is -2.41. The topological polar surface area (TPSA) is 76.4 Å². The number of aryl methyl sites for hydroxylation is 1. The van der Waals surface area contributed by atoms with Crippen LogP contribution in [0.5, 0.6) is 0 Å². The summed E-state index contributed by atoms with van der Waals surface area (Å²) in [6.07, 6.45) is 5.63. The summed E-state index contributed by atoms with van der Waals surface area (Å²) in [5, 5.41) is 15.6. The number of ether oxygens (including phenoxy) is 1. The standard InChI is InChI=1S/C23H36N6O/c1-3-24-23(26-16-19(2)17-30-18-20-10-6-4-7-11-20)25-14-13-22-28-27-21-12-8-5-9-15-29(21)22/h4,6-7,10-11,19H,3,5,8-9,12-18H2,1-2H3,(H2,24,25,26). The van der Waals surface area contributed by atoms with Crippen molar-refractivity contribution in [2.45, 2.75) is 59.1 Å². The molecule has 3 rings (SSSR count). The molecule has 2 N–H and O–H groups in total. The molecule has 0 saturated carbocycles. The number of hydrogen-bond donors (Lipinski definition) is 2. The highest BCUT2D eigenvalue weighted by Gasteiger charge is 2.14. The molecule has 1 unspecified atom stereocenters. The Balaban J connectivity index is 1.41. The Morgan fingerprint density at radius 2 is 2.03 bits per heavy atom. The molecule has 1 atom stereocenters. The van der Waals surface area contributed by atoms with Crippen LogP contribution in [0.3, 0.4) is 0 Å². The molecule has 0 aliphatic carbocycles. The van der Waals surface area contributed by atoms with Crippen LogP contribution < -0.4 is 10.6 Å². The second kappa shape index (κ2) is 12.3. The Kier molecular flexibility index (Phi) is 9.15. The average Bonchev–Trinajstić information content (AvgIpc) is 2.99. The smallest absolute Gasteiger partial charge is 0.191 e. The zero-order valence-electron chi connectivity index (χ0n) is 18.4. The summed E-state index contributed by atoms with van der Waals surface area (Å²) in [7, 11) is 0. The fourth-order valence-electron chi connectivity index (χ4n) is 3.62. The highest BCUT2D eigenvalue weighted by atomic mass is 16.5. The van der Waals surface area contributed by atoms with Gasteiger partial charge in [0.05, 0.1) is 13.2 Å². The third-order valence-corrected chi connectivity index (χ3v) is 5.25. The zero-order chi connectivity index (χ0) is 21.0. The second-order valence-corrected chi connectivity index (χ2v) is 8.00. The Morgan fingerprint density at radius 1 is 1.17 bits per heavy atom. The summed E-state index contributed by atoms with van der Waals surface area (Å²) in [5.41, 5.74) is 1.20. The monoisotopic (exact) mass is 412 g/mol. The fourth-order valence-corrected chi connectivity index (χ4v) is 3.62. The largest absolute Gasteiger partial charge is 0.376 e. The van der Waals surface area contributed by atoms with Gasteiger partial charge in [0.1, 0.15) is 11.6 Å². The summed E-state index contributed by atoms with van der Waals surface area (Å²) in [5.74, 6) is 3.43. The molecule has 0 fully saturated rings. The van der Waals surface area contributed by atoms with E-state index in [4.69, 9.17) is 9.73 Å². The first-order valence-electron chi connectivity index (χ1n) is 11.3. The molecule has 1 aromatic heterocycles. The van der Waals surface area contributed by atoms with E-state index >= 15 is 0 Å². The van der Waals surface area contributed by atoms with Gasteiger partial charge in [-0.3, -0.25) is 4.99 Å². The Labute approximate surface area is 180 Å². The van der Waals surface area contributed by atoms with Crippen LogP contribution in [-0.2, 0) is 30.7 Å². The molecule has 2 heterocycles. The summed E-state index contributed by atoms with van der Waals surface area (Å²) in [6.45, 7) is 9.01. The molecule has 2 aromatic rings. The third kappa shape index (κ3) is 7.13. The van der Waals surface area contributed by atoms with Crippen LogP contribution in [0, 0.1) is 5.92 Å². The number of guanidine groups is 1. The predicted octanol–water partition coefficient (Wildman–Crippen LogP) is 2.96. The number of nitrogens with zero attached hydrogens (tertiary/aromatic N) is 4. The zero-order valence-corrected chi connectivity index (χ0v) is 18.4. The molecule has 7 nitrogen and oxygen atoms in total. The van der Waals surface area contributed by atoms with Gasteiger partial charge >= 0.3 is 0 Å². The minimum atomic E-state index is 0.358. The lowest BCUT2D eigenvalue weighted by molar-refractivity contribution is 0.0945. The quantitative estimate of drug-likeness (QED) is 0.463. The van der Waals surface area contributed by atoms with Crippen molar-refractivity contribution in [3.63, 3.8) is 0 Å². The van der Waals surface area contributed by atoms with Gasteiger partial charge in [-0.05, 0) is 31.2 Å². The number of fused-ring (bicyclic) bond motifs is 1. The van der Waals surface area contributed by atoms with E-state index in [1.54, 1.807) is 0 Å². The van der Waals surface area contributed by atoms with Crippen LogP contribution in [0.2, 0.25) is 0 Å². The van der Waals surface area contributed by atoms with Gasteiger partial charge < -0.3 is 19.9 Å². The van der Waals surface area contributed by atoms with E-state index < -0.39 is 0 Å². The van der Waals surface area contributed by atoms with Crippen LogP contribution in [0.4, 0.5) is 0 Å². The molecule has 0 spiro atoms. The first kappa shape index (κ1) is 22.3. The minimum absolute atomic E-state index is 0.358. The van der Waals surface area contributed by atoms with Gasteiger partial charge in [0.2, 0.25) is 0 Å². The van der Waals surface area contributed by atoms with E-state index in [2.05, 4.69) is 51.4 Å². The van der Waals surface area contributed by atoms with Crippen LogP contribution >= 0.6 is 0 Å². The van der Waals surface area contributed by atoms with E-state index in [9.17, 15) is 0 Å². The van der Waals surface area contributed by atoms with E-state index in [-0.39, 0.29) is 0 Å². The molecule has 164 valence electrons. The molecule has 7 heteroatoms. The van der Waals surface area contributed by atoms with Gasteiger partial charge in [-0.1, -0.05) is 43.7 Å². The predicted molar refractivity (Wildman–Crippen MR) is 121 cm³/mol. The van der Waals surface area contributed by atoms with Crippen LogP contribution in [0.25, 0.3) is 0 Å². The van der Waals surface area contributed by atoms with Crippen molar-refractivity contribution in [2.75, 3.05) is 26.2 Å². The molecular formula is C23H36N6O. The first-order valence-corrected chi connectivity index (χ1v) is 11.3. The maximum atomic E-state index is 5.84. The van der Waals surface area contributed by atoms with Crippen molar-refractivity contribution in [1.82, 2.24) is 25.4 Å². The molecule has 30 heavy (non-hydrogen) atoms. The molecule has 1 aliphatic heterocycles. The second-order valence-electron chi connectivity index (χ2n) is 8.00. The lowest BCUT2D eigenvalue weighted by Crippen LogP contribution is -2.39. The van der Waals surface area contributed by atoms with Gasteiger partial charge in [0, 0.05) is 39.0 Å². The van der Waals surface area contributed by atoms with E-state index in [0.29, 0.717) is 19.1 Å². The SMILES string of the molecule is CCNC(=NCC(C)COCc1ccccc1)NCCc1nnc2n1CCCCC2. The molecular weight excluding hydrogens is 376 g/mol. The van der Waals surface area contributed by atoms with Crippen molar-refractivity contribution in [2.24, 2.45) is 10.9 Å². The van der Waals surface area contributed by atoms with Crippen molar-refractivity contribution < 1.29 is 4.74 Å². The van der Waals surface area contributed by atoms with Crippen LogP contribution in [0.15, 0.2) is 35.3 Å². The summed E-state index contributed by atoms with van der Waals surface area (Å²) < 4.78 is 8.15. The van der Waals surface area contributed by atoms with E-state index in [0.717, 1.165) is 56.6 Å². The van der Waals surface area contributed by atoms with E-state index in [1.807, 2.05) is 18.2 Å². The number of benzene rings is 1. The van der Waals surface area contributed by atoms with Crippen molar-refractivity contribution in [3.8, 4) is 0 Å². The lowest BCUT2D eigenvalue weighted by Gasteiger charge is -2.14. The minimum Gasteiger partial charge on any atom is -0.376 e. The Bertz CT molecular complexity index is 773. The van der Waals surface area contributed by atoms with Crippen molar-refractivity contribution in [3.05, 3.63) is 47.5 Å². The van der Waals surface area contributed by atoms with Crippen LogP contribution in [0.1, 0.15) is 50.3 Å². The van der Waals surface area contributed by atoms with Gasteiger partial charge in [0.25, 0.3) is 0 Å². The van der Waals surface area contributed by atoms with Gasteiger partial charge in [-0.2, -0.15) is 0 Å². The van der Waals surface area contributed by atoms with Gasteiger partial charge in [-0.15, -0.1) is 10.2 Å². The maximum Gasteiger partial charge on any atom is 0.191 e. The van der Waals surface area contributed by atoms with Crippen LogP contribution in [-0.4, -0.2) is 47.0 Å². The highest BCUT2D eigenvalue weighted by molar-refractivity contribution is 5.79. The third-order valence-electron chi connectivity index (χ3n) is 5.25. The van der Waals surface area contributed by atoms with Gasteiger partial charge in [0.15, 0.2) is 5.96 Å². The first-order chi connectivity index (χ1) is 14.8. The number of hydrogen-bond acceptors (Lipinski definition) is 4. The molecule has 0 amide bonds. The van der Waals surface area contributed by atoms with E-state index in [1.165, 1.54) is 24.8 Å².